The molecule has 1 N–H and O–H groups in total. The normalized spacial score (nSPS) is 26.5. The highest BCUT2D eigenvalue weighted by Crippen LogP contribution is 2.39. The quantitative estimate of drug-likeness (QED) is 0.735. The van der Waals surface area contributed by atoms with Crippen molar-refractivity contribution in [3.8, 4) is 0 Å². The van der Waals surface area contributed by atoms with E-state index in [4.69, 9.17) is 11.6 Å². The maximum Gasteiger partial charge on any atom is 0.124 e. The molecule has 1 aromatic rings. The summed E-state index contributed by atoms with van der Waals surface area (Å²) in [6, 6.07) is 5.66. The molecule has 2 aliphatic carbocycles. The van der Waals surface area contributed by atoms with Crippen LogP contribution in [0.15, 0.2) is 18.2 Å². The Hall–Kier alpha value is -0.600. The van der Waals surface area contributed by atoms with Crippen LogP contribution in [0.4, 0.5) is 4.39 Å². The second-order valence-corrected chi connectivity index (χ2v) is 7.51. The van der Waals surface area contributed by atoms with E-state index in [1.165, 1.54) is 70.4 Å². The molecule has 0 amide bonds. The van der Waals surface area contributed by atoms with Gasteiger partial charge in [-0.3, -0.25) is 0 Å². The van der Waals surface area contributed by atoms with Gasteiger partial charge in [-0.15, -0.1) is 0 Å². The molecule has 0 atom stereocenters. The zero-order valence-electron chi connectivity index (χ0n) is 13.3. The van der Waals surface area contributed by atoms with E-state index in [9.17, 15) is 4.39 Å². The molecule has 22 heavy (non-hydrogen) atoms. The number of halogens is 2. The average molecular weight is 324 g/mol. The van der Waals surface area contributed by atoms with Gasteiger partial charge in [0.15, 0.2) is 0 Å². The standard InChI is InChI=1S/C19H27ClFN/c20-19-13-16(21)9-10-18(19)15-7-5-14(6-8-15)11-12-22-17-3-1-2-4-17/h9-10,13-15,17,22H,1-8,11-12H2. The van der Waals surface area contributed by atoms with Crippen LogP contribution in [0.1, 0.15) is 69.3 Å². The number of benzene rings is 1. The lowest BCUT2D eigenvalue weighted by Crippen LogP contribution is -2.28. The maximum atomic E-state index is 13.2. The third kappa shape index (κ3) is 4.23. The Morgan fingerprint density at radius 1 is 1.05 bits per heavy atom. The molecule has 0 heterocycles. The van der Waals surface area contributed by atoms with E-state index in [1.807, 2.05) is 6.07 Å². The third-order valence-corrected chi connectivity index (χ3v) is 5.92. The Morgan fingerprint density at radius 3 is 2.45 bits per heavy atom. The van der Waals surface area contributed by atoms with E-state index in [1.54, 1.807) is 6.07 Å². The second kappa shape index (κ2) is 7.79. The van der Waals surface area contributed by atoms with Gasteiger partial charge in [0.2, 0.25) is 0 Å². The van der Waals surface area contributed by atoms with E-state index < -0.39 is 0 Å². The summed E-state index contributed by atoms with van der Waals surface area (Å²) in [6.45, 7) is 1.18. The molecule has 1 nitrogen and oxygen atoms in total. The summed E-state index contributed by atoms with van der Waals surface area (Å²) in [5.41, 5.74) is 1.14. The number of hydrogen-bond acceptors (Lipinski definition) is 1. The molecule has 0 unspecified atom stereocenters. The summed E-state index contributed by atoms with van der Waals surface area (Å²) in [5.74, 6) is 1.14. The fourth-order valence-corrected chi connectivity index (χ4v) is 4.54. The van der Waals surface area contributed by atoms with E-state index in [-0.39, 0.29) is 5.82 Å². The van der Waals surface area contributed by atoms with Crippen molar-refractivity contribution in [3.63, 3.8) is 0 Å². The molecule has 2 fully saturated rings. The summed E-state index contributed by atoms with van der Waals surface area (Å²) in [6.07, 6.45) is 11.8. The maximum absolute atomic E-state index is 13.2. The highest BCUT2D eigenvalue weighted by Gasteiger charge is 2.24. The molecule has 3 rings (SSSR count). The van der Waals surface area contributed by atoms with Crippen LogP contribution in [0.5, 0.6) is 0 Å². The minimum absolute atomic E-state index is 0.236. The molecular formula is C19H27ClFN. The van der Waals surface area contributed by atoms with Crippen molar-refractivity contribution >= 4 is 11.6 Å². The Bertz CT molecular complexity index is 476. The highest BCUT2D eigenvalue weighted by molar-refractivity contribution is 6.31. The summed E-state index contributed by atoms with van der Waals surface area (Å²) in [4.78, 5) is 0. The topological polar surface area (TPSA) is 12.0 Å². The van der Waals surface area contributed by atoms with Gasteiger partial charge in [0, 0.05) is 11.1 Å². The van der Waals surface area contributed by atoms with Gasteiger partial charge in [-0.1, -0.05) is 30.5 Å². The summed E-state index contributed by atoms with van der Waals surface area (Å²) < 4.78 is 13.2. The molecule has 0 bridgehead atoms. The largest absolute Gasteiger partial charge is 0.314 e. The fraction of sp³-hybridized carbons (Fsp3) is 0.684. The van der Waals surface area contributed by atoms with Gasteiger partial charge >= 0.3 is 0 Å². The first kappa shape index (κ1) is 16.3. The van der Waals surface area contributed by atoms with E-state index >= 15 is 0 Å². The molecule has 122 valence electrons. The Balaban J connectivity index is 1.42. The van der Waals surface area contributed by atoms with Crippen molar-refractivity contribution < 1.29 is 4.39 Å². The van der Waals surface area contributed by atoms with Crippen LogP contribution in [-0.4, -0.2) is 12.6 Å². The van der Waals surface area contributed by atoms with E-state index in [0.717, 1.165) is 17.5 Å². The molecule has 2 saturated carbocycles. The van der Waals surface area contributed by atoms with E-state index in [0.29, 0.717) is 10.9 Å². The first-order valence-electron chi connectivity index (χ1n) is 8.90. The monoisotopic (exact) mass is 323 g/mol. The van der Waals surface area contributed by atoms with Crippen LogP contribution in [0.2, 0.25) is 5.02 Å². The van der Waals surface area contributed by atoms with Gasteiger partial charge in [0.25, 0.3) is 0 Å². The zero-order valence-corrected chi connectivity index (χ0v) is 14.0. The molecule has 0 aromatic heterocycles. The summed E-state index contributed by atoms with van der Waals surface area (Å²) in [5, 5.41) is 4.33. The van der Waals surface area contributed by atoms with Gasteiger partial charge in [-0.2, -0.15) is 0 Å². The lowest BCUT2D eigenvalue weighted by Gasteiger charge is -2.29. The van der Waals surface area contributed by atoms with Crippen molar-refractivity contribution in [2.75, 3.05) is 6.54 Å². The number of nitrogens with one attached hydrogen (secondary N) is 1. The zero-order chi connectivity index (χ0) is 15.4. The minimum Gasteiger partial charge on any atom is -0.314 e. The molecule has 0 aliphatic heterocycles. The van der Waals surface area contributed by atoms with Crippen molar-refractivity contribution in [2.24, 2.45) is 5.92 Å². The predicted octanol–water partition coefficient (Wildman–Crippen LogP) is 5.68. The number of hydrogen-bond donors (Lipinski definition) is 1. The molecule has 0 saturated heterocycles. The Kier molecular flexibility index (Phi) is 5.76. The minimum atomic E-state index is -0.236. The van der Waals surface area contributed by atoms with Crippen LogP contribution < -0.4 is 5.32 Å². The van der Waals surface area contributed by atoms with Crippen LogP contribution >= 0.6 is 11.6 Å². The third-order valence-electron chi connectivity index (χ3n) is 5.59. The molecule has 1 aromatic carbocycles. The van der Waals surface area contributed by atoms with Gasteiger partial charge in [0.05, 0.1) is 0 Å². The lowest BCUT2D eigenvalue weighted by molar-refractivity contribution is 0.302. The van der Waals surface area contributed by atoms with Gasteiger partial charge in [-0.05, 0) is 81.0 Å². The summed E-state index contributed by atoms with van der Waals surface area (Å²) in [7, 11) is 0. The SMILES string of the molecule is Fc1ccc(C2CCC(CCNC3CCCC3)CC2)c(Cl)c1. The first-order chi connectivity index (χ1) is 10.7. The molecule has 0 spiro atoms. The number of rotatable bonds is 5. The Morgan fingerprint density at radius 2 is 1.77 bits per heavy atom. The van der Waals surface area contributed by atoms with Crippen LogP contribution in [0.3, 0.4) is 0 Å². The average Bonchev–Trinajstić information content (AvgIpc) is 3.02. The van der Waals surface area contributed by atoms with Crippen molar-refractivity contribution in [3.05, 3.63) is 34.6 Å². The van der Waals surface area contributed by atoms with Crippen molar-refractivity contribution in [1.29, 1.82) is 0 Å². The molecule has 0 radical (unpaired) electrons. The first-order valence-corrected chi connectivity index (χ1v) is 9.28. The Labute approximate surface area is 138 Å². The van der Waals surface area contributed by atoms with Crippen LogP contribution in [0.25, 0.3) is 0 Å². The van der Waals surface area contributed by atoms with Gasteiger partial charge in [-0.25, -0.2) is 4.39 Å². The highest BCUT2D eigenvalue weighted by atomic mass is 35.5. The van der Waals surface area contributed by atoms with Gasteiger partial charge in [0.1, 0.15) is 5.82 Å². The predicted molar refractivity (Wildman–Crippen MR) is 91.0 cm³/mol. The lowest BCUT2D eigenvalue weighted by atomic mass is 9.77. The van der Waals surface area contributed by atoms with Crippen LogP contribution in [0, 0.1) is 11.7 Å². The fourth-order valence-electron chi connectivity index (χ4n) is 4.22. The van der Waals surface area contributed by atoms with Crippen LogP contribution in [-0.2, 0) is 0 Å². The van der Waals surface area contributed by atoms with Crippen molar-refractivity contribution in [2.45, 2.75) is 69.7 Å². The smallest absolute Gasteiger partial charge is 0.124 e. The molecule has 3 heteroatoms. The summed E-state index contributed by atoms with van der Waals surface area (Å²) >= 11 is 6.21. The van der Waals surface area contributed by atoms with E-state index in [2.05, 4.69) is 5.32 Å². The molecular weight excluding hydrogens is 297 g/mol. The van der Waals surface area contributed by atoms with Gasteiger partial charge < -0.3 is 5.32 Å². The van der Waals surface area contributed by atoms with Crippen molar-refractivity contribution in [1.82, 2.24) is 5.32 Å². The second-order valence-electron chi connectivity index (χ2n) is 7.11. The molecule has 2 aliphatic rings.